The SMILES string of the molecule is CS(=O)(=O)OCCC1(c2ccc(Cl)c(Cl)c2)CCCN(Cc2ccccc2)C1=O. The number of carbonyl (C=O) groups is 1. The van der Waals surface area contributed by atoms with Crippen LogP contribution in [0.25, 0.3) is 0 Å². The van der Waals surface area contributed by atoms with Gasteiger partial charge in [-0.1, -0.05) is 59.6 Å². The van der Waals surface area contributed by atoms with E-state index in [2.05, 4.69) is 0 Å². The number of hydrogen-bond donors (Lipinski definition) is 0. The molecule has 3 rings (SSSR count). The number of rotatable bonds is 7. The highest BCUT2D eigenvalue weighted by Gasteiger charge is 2.45. The molecule has 2 aromatic rings. The summed E-state index contributed by atoms with van der Waals surface area (Å²) in [5, 5.41) is 0.767. The molecule has 0 spiro atoms. The molecule has 1 aliphatic heterocycles. The molecular weight excluding hydrogens is 433 g/mol. The summed E-state index contributed by atoms with van der Waals surface area (Å²) in [7, 11) is -3.60. The molecule has 1 unspecified atom stereocenters. The first-order chi connectivity index (χ1) is 13.7. The van der Waals surface area contributed by atoms with E-state index in [1.807, 2.05) is 35.2 Å². The van der Waals surface area contributed by atoms with Crippen molar-refractivity contribution in [3.63, 3.8) is 0 Å². The third kappa shape index (κ3) is 5.31. The van der Waals surface area contributed by atoms with Gasteiger partial charge in [0, 0.05) is 13.1 Å². The molecule has 1 fully saturated rings. The van der Waals surface area contributed by atoms with Crippen LogP contribution in [0.5, 0.6) is 0 Å². The van der Waals surface area contributed by atoms with E-state index in [9.17, 15) is 13.2 Å². The Bertz CT molecular complexity index is 981. The first-order valence-corrected chi connectivity index (χ1v) is 11.9. The van der Waals surface area contributed by atoms with Gasteiger partial charge in [0.2, 0.25) is 5.91 Å². The average molecular weight is 456 g/mol. The standard InChI is InChI=1S/C21H23Cl2NO4S/c1-29(26,27)28-13-11-21(17-8-9-18(22)19(23)14-17)10-5-12-24(20(21)25)15-16-6-3-2-4-7-16/h2-4,6-9,14H,5,10-13,15H2,1H3. The quantitative estimate of drug-likeness (QED) is 0.579. The highest BCUT2D eigenvalue weighted by atomic mass is 35.5. The summed E-state index contributed by atoms with van der Waals surface area (Å²) in [4.78, 5) is 15.5. The number of carbonyl (C=O) groups excluding carboxylic acids is 1. The van der Waals surface area contributed by atoms with Gasteiger partial charge in [-0.15, -0.1) is 0 Å². The van der Waals surface area contributed by atoms with Crippen molar-refractivity contribution >= 4 is 39.2 Å². The Balaban J connectivity index is 1.94. The van der Waals surface area contributed by atoms with Crippen LogP contribution in [0.15, 0.2) is 48.5 Å². The van der Waals surface area contributed by atoms with Crippen molar-refractivity contribution in [2.45, 2.75) is 31.2 Å². The van der Waals surface area contributed by atoms with E-state index in [0.717, 1.165) is 23.8 Å². The normalized spacial score (nSPS) is 20.1. The molecule has 8 heteroatoms. The van der Waals surface area contributed by atoms with Crippen LogP contribution in [0.4, 0.5) is 0 Å². The molecule has 1 saturated heterocycles. The predicted molar refractivity (Wildman–Crippen MR) is 115 cm³/mol. The number of amides is 1. The lowest BCUT2D eigenvalue weighted by molar-refractivity contribution is -0.142. The molecule has 2 aromatic carbocycles. The topological polar surface area (TPSA) is 63.7 Å². The molecule has 0 bridgehead atoms. The highest BCUT2D eigenvalue weighted by molar-refractivity contribution is 7.85. The molecule has 5 nitrogen and oxygen atoms in total. The van der Waals surface area contributed by atoms with Gasteiger partial charge in [-0.05, 0) is 42.5 Å². The molecule has 156 valence electrons. The Morgan fingerprint density at radius 2 is 1.83 bits per heavy atom. The zero-order valence-corrected chi connectivity index (χ0v) is 18.4. The van der Waals surface area contributed by atoms with E-state index in [-0.39, 0.29) is 18.9 Å². The summed E-state index contributed by atoms with van der Waals surface area (Å²) in [5.41, 5.74) is 0.858. The molecular formula is C21H23Cl2NO4S. The first-order valence-electron chi connectivity index (χ1n) is 9.34. The average Bonchev–Trinajstić information content (AvgIpc) is 2.67. The summed E-state index contributed by atoms with van der Waals surface area (Å²) < 4.78 is 27.9. The van der Waals surface area contributed by atoms with Gasteiger partial charge in [-0.3, -0.25) is 8.98 Å². The van der Waals surface area contributed by atoms with Crippen LogP contribution in [0.3, 0.4) is 0 Å². The van der Waals surface area contributed by atoms with Crippen molar-refractivity contribution in [1.82, 2.24) is 4.90 Å². The Kier molecular flexibility index (Phi) is 6.89. The van der Waals surface area contributed by atoms with E-state index in [0.29, 0.717) is 29.6 Å². The number of benzene rings is 2. The minimum absolute atomic E-state index is 0.0527. The van der Waals surface area contributed by atoms with Crippen LogP contribution in [0.1, 0.15) is 30.4 Å². The number of piperidine rings is 1. The van der Waals surface area contributed by atoms with Crippen molar-refractivity contribution in [3.8, 4) is 0 Å². The zero-order valence-electron chi connectivity index (χ0n) is 16.1. The number of hydrogen-bond acceptors (Lipinski definition) is 4. The molecule has 0 aliphatic carbocycles. The lowest BCUT2D eigenvalue weighted by Crippen LogP contribution is -2.51. The number of likely N-dealkylation sites (tertiary alicyclic amines) is 1. The fourth-order valence-electron chi connectivity index (χ4n) is 3.84. The third-order valence-electron chi connectivity index (χ3n) is 5.24. The van der Waals surface area contributed by atoms with Gasteiger partial charge in [0.15, 0.2) is 0 Å². The van der Waals surface area contributed by atoms with Crippen molar-refractivity contribution in [2.24, 2.45) is 0 Å². The lowest BCUT2D eigenvalue weighted by atomic mass is 9.71. The van der Waals surface area contributed by atoms with Gasteiger partial charge in [-0.25, -0.2) is 0 Å². The van der Waals surface area contributed by atoms with Crippen LogP contribution < -0.4 is 0 Å². The first kappa shape index (κ1) is 22.1. The van der Waals surface area contributed by atoms with E-state index in [1.54, 1.807) is 18.2 Å². The molecule has 0 saturated carbocycles. The number of nitrogens with zero attached hydrogens (tertiary/aromatic N) is 1. The molecule has 1 atom stereocenters. The van der Waals surface area contributed by atoms with Gasteiger partial charge in [-0.2, -0.15) is 8.42 Å². The Labute approximate surface area is 181 Å². The molecule has 29 heavy (non-hydrogen) atoms. The van der Waals surface area contributed by atoms with Gasteiger partial charge in [0.25, 0.3) is 10.1 Å². The van der Waals surface area contributed by atoms with Crippen LogP contribution in [0, 0.1) is 0 Å². The summed E-state index contributed by atoms with van der Waals surface area (Å²) in [6.45, 7) is 1.06. The second kappa shape index (κ2) is 9.04. The molecule has 1 amide bonds. The van der Waals surface area contributed by atoms with Crippen LogP contribution >= 0.6 is 23.2 Å². The minimum atomic E-state index is -3.60. The van der Waals surface area contributed by atoms with Gasteiger partial charge in [0.05, 0.1) is 28.3 Å². The van der Waals surface area contributed by atoms with Gasteiger partial charge in [0.1, 0.15) is 0 Å². The third-order valence-corrected chi connectivity index (χ3v) is 6.58. The highest BCUT2D eigenvalue weighted by Crippen LogP contribution is 2.41. The van der Waals surface area contributed by atoms with E-state index < -0.39 is 15.5 Å². The monoisotopic (exact) mass is 455 g/mol. The van der Waals surface area contributed by atoms with E-state index in [1.165, 1.54) is 0 Å². The maximum atomic E-state index is 13.6. The Morgan fingerprint density at radius 1 is 1.10 bits per heavy atom. The Morgan fingerprint density at radius 3 is 2.48 bits per heavy atom. The summed E-state index contributed by atoms with van der Waals surface area (Å²) in [6.07, 6.45) is 2.62. The molecule has 1 aliphatic rings. The minimum Gasteiger partial charge on any atom is -0.338 e. The van der Waals surface area contributed by atoms with Gasteiger partial charge >= 0.3 is 0 Å². The van der Waals surface area contributed by atoms with Crippen molar-refractivity contribution in [3.05, 3.63) is 69.7 Å². The van der Waals surface area contributed by atoms with Crippen molar-refractivity contribution < 1.29 is 17.4 Å². The molecule has 1 heterocycles. The molecule has 0 aromatic heterocycles. The van der Waals surface area contributed by atoms with E-state index in [4.69, 9.17) is 27.4 Å². The Hall–Kier alpha value is -1.60. The maximum absolute atomic E-state index is 13.6. The van der Waals surface area contributed by atoms with Crippen LogP contribution in [0.2, 0.25) is 10.0 Å². The fourth-order valence-corrected chi connectivity index (χ4v) is 4.53. The van der Waals surface area contributed by atoms with Crippen LogP contribution in [-0.4, -0.2) is 38.6 Å². The summed E-state index contributed by atoms with van der Waals surface area (Å²) in [5.74, 6) is -0.0527. The smallest absolute Gasteiger partial charge is 0.264 e. The van der Waals surface area contributed by atoms with Crippen molar-refractivity contribution in [1.29, 1.82) is 0 Å². The zero-order chi connectivity index (χ0) is 21.1. The fraction of sp³-hybridized carbons (Fsp3) is 0.381. The summed E-state index contributed by atoms with van der Waals surface area (Å²) in [6, 6.07) is 14.9. The number of halogens is 2. The van der Waals surface area contributed by atoms with Crippen molar-refractivity contribution in [2.75, 3.05) is 19.4 Å². The predicted octanol–water partition coefficient (Wildman–Crippen LogP) is 4.42. The second-order valence-corrected chi connectivity index (χ2v) is 9.76. The molecule has 0 radical (unpaired) electrons. The molecule has 0 N–H and O–H groups in total. The van der Waals surface area contributed by atoms with E-state index >= 15 is 0 Å². The van der Waals surface area contributed by atoms with Gasteiger partial charge < -0.3 is 4.90 Å². The summed E-state index contributed by atoms with van der Waals surface area (Å²) >= 11 is 12.3. The second-order valence-electron chi connectivity index (χ2n) is 7.30. The van der Waals surface area contributed by atoms with Crippen LogP contribution in [-0.2, 0) is 31.1 Å². The largest absolute Gasteiger partial charge is 0.338 e. The maximum Gasteiger partial charge on any atom is 0.264 e. The lowest BCUT2D eigenvalue weighted by Gasteiger charge is -2.42.